The van der Waals surface area contributed by atoms with E-state index in [0.717, 1.165) is 17.4 Å². The summed E-state index contributed by atoms with van der Waals surface area (Å²) in [5.74, 6) is 0.201. The molecule has 1 rings (SSSR count). The number of methoxy groups -OCH3 is 1. The minimum atomic E-state index is -0.530. The normalized spacial score (nSPS) is 10.8. The molecule has 0 aliphatic rings. The van der Waals surface area contributed by atoms with Crippen LogP contribution in [0.5, 0.6) is 5.75 Å². The summed E-state index contributed by atoms with van der Waals surface area (Å²) in [6.45, 7) is 0.247. The molecule has 0 bridgehead atoms. The second-order valence-corrected chi connectivity index (χ2v) is 3.85. The topological polar surface area (TPSA) is 87.6 Å². The number of hydrogen-bond acceptors (Lipinski definition) is 5. The van der Waals surface area contributed by atoms with Crippen LogP contribution in [0.4, 0.5) is 0 Å². The van der Waals surface area contributed by atoms with Crippen molar-refractivity contribution in [3.8, 4) is 5.75 Å². The van der Waals surface area contributed by atoms with E-state index in [1.54, 1.807) is 19.2 Å². The van der Waals surface area contributed by atoms with E-state index in [1.165, 1.54) is 0 Å². The molecule has 0 atom stereocenters. The number of thiocarbonyl (C=S) groups is 1. The van der Waals surface area contributed by atoms with Gasteiger partial charge in [-0.05, 0) is 17.7 Å². The van der Waals surface area contributed by atoms with Crippen LogP contribution in [0.15, 0.2) is 36.2 Å². The number of ether oxygens (including phenoxy) is 2. The molecular weight excluding hydrogens is 252 g/mol. The fraction of sp³-hybridized carbons (Fsp3) is 0.167. The summed E-state index contributed by atoms with van der Waals surface area (Å²) >= 11 is 4.50. The van der Waals surface area contributed by atoms with Crippen molar-refractivity contribution in [3.63, 3.8) is 0 Å². The molecule has 96 valence electrons. The van der Waals surface area contributed by atoms with Crippen molar-refractivity contribution in [1.82, 2.24) is 0 Å². The molecule has 5 nitrogen and oxygen atoms in total. The van der Waals surface area contributed by atoms with Crippen molar-refractivity contribution < 1.29 is 14.3 Å². The molecule has 18 heavy (non-hydrogen) atoms. The first-order valence-electron chi connectivity index (χ1n) is 5.09. The van der Waals surface area contributed by atoms with E-state index in [2.05, 4.69) is 12.2 Å². The van der Waals surface area contributed by atoms with E-state index in [0.29, 0.717) is 0 Å². The highest BCUT2D eigenvalue weighted by Crippen LogP contribution is 2.12. The molecule has 0 spiro atoms. The highest BCUT2D eigenvalue weighted by molar-refractivity contribution is 7.82. The quantitative estimate of drug-likeness (QED) is 0.451. The van der Waals surface area contributed by atoms with Gasteiger partial charge in [-0.3, -0.25) is 4.79 Å². The molecule has 0 aliphatic carbocycles. The zero-order valence-electron chi connectivity index (χ0n) is 9.88. The average Bonchev–Trinajstić information content (AvgIpc) is 2.36. The zero-order chi connectivity index (χ0) is 13.5. The van der Waals surface area contributed by atoms with E-state index < -0.39 is 5.78 Å². The lowest BCUT2D eigenvalue weighted by Crippen LogP contribution is -2.20. The van der Waals surface area contributed by atoms with Gasteiger partial charge in [-0.2, -0.15) is 0 Å². The fourth-order valence-corrected chi connectivity index (χ4v) is 1.19. The van der Waals surface area contributed by atoms with Crippen LogP contribution < -0.4 is 16.2 Å². The van der Waals surface area contributed by atoms with Gasteiger partial charge in [0, 0.05) is 6.08 Å². The maximum atomic E-state index is 11.1. The molecule has 0 aliphatic heterocycles. The van der Waals surface area contributed by atoms with Gasteiger partial charge in [0.05, 0.1) is 7.11 Å². The molecule has 6 heteroatoms. The molecule has 1 aromatic carbocycles. The molecule has 0 fully saturated rings. The number of benzene rings is 1. The molecule has 1 aromatic rings. The zero-order valence-corrected chi connectivity index (χ0v) is 10.7. The summed E-state index contributed by atoms with van der Waals surface area (Å²) in [4.78, 5) is 10.9. The molecule has 0 unspecified atom stereocenters. The van der Waals surface area contributed by atoms with E-state index in [9.17, 15) is 4.79 Å². The average molecular weight is 266 g/mol. The Labute approximate surface area is 110 Å². The Morgan fingerprint density at radius 2 is 1.94 bits per heavy atom. The first kappa shape index (κ1) is 14.0. The lowest BCUT2D eigenvalue weighted by atomic mass is 10.2. The third-order valence-electron chi connectivity index (χ3n) is 2.08. The predicted octanol–water partition coefficient (Wildman–Crippen LogP) is 0.867. The van der Waals surface area contributed by atoms with Crippen LogP contribution in [0, 0.1) is 0 Å². The largest absolute Gasteiger partial charge is 0.497 e. The van der Waals surface area contributed by atoms with Crippen LogP contribution in [0.25, 0.3) is 0 Å². The Balaban J connectivity index is 2.54. The SMILES string of the molecule is COc1ccc(CO/C(N)=C/C(=O)C(N)=S)cc1. The maximum Gasteiger partial charge on any atom is 0.217 e. The second kappa shape index (κ2) is 6.61. The van der Waals surface area contributed by atoms with Gasteiger partial charge in [0.1, 0.15) is 17.3 Å². The van der Waals surface area contributed by atoms with E-state index in [4.69, 9.17) is 20.9 Å². The lowest BCUT2D eigenvalue weighted by molar-refractivity contribution is -0.109. The number of carbonyl (C=O) groups is 1. The Bertz CT molecular complexity index is 469. The monoisotopic (exact) mass is 266 g/mol. The van der Waals surface area contributed by atoms with E-state index in [1.807, 2.05) is 12.1 Å². The smallest absolute Gasteiger partial charge is 0.217 e. The Kier molecular flexibility index (Phi) is 5.13. The van der Waals surface area contributed by atoms with Gasteiger partial charge >= 0.3 is 0 Å². The summed E-state index contributed by atoms with van der Waals surface area (Å²) in [5, 5.41) is 0. The highest BCUT2D eigenvalue weighted by atomic mass is 32.1. The first-order chi connectivity index (χ1) is 8.52. The third-order valence-corrected chi connectivity index (χ3v) is 2.28. The molecule has 0 saturated carbocycles. The number of carbonyl (C=O) groups excluding carboxylic acids is 1. The number of rotatable bonds is 6. The maximum absolute atomic E-state index is 11.1. The van der Waals surface area contributed by atoms with Gasteiger partial charge in [-0.25, -0.2) is 0 Å². The minimum Gasteiger partial charge on any atom is -0.497 e. The molecule has 0 radical (unpaired) electrons. The van der Waals surface area contributed by atoms with Crippen LogP contribution in [0.1, 0.15) is 5.56 Å². The van der Waals surface area contributed by atoms with Crippen LogP contribution in [-0.2, 0) is 16.1 Å². The summed E-state index contributed by atoms with van der Waals surface area (Å²) in [6, 6.07) is 7.28. The third kappa shape index (κ3) is 4.42. The standard InChI is InChI=1S/C12H14N2O3S/c1-16-9-4-2-8(3-5-9)7-17-11(13)6-10(15)12(14)18/h2-6H,7,13H2,1H3,(H2,14,18)/b11-6+. The molecular formula is C12H14N2O3S. The number of hydrogen-bond donors (Lipinski definition) is 2. The van der Waals surface area contributed by atoms with Crippen molar-refractivity contribution in [2.45, 2.75) is 6.61 Å². The van der Waals surface area contributed by atoms with Gasteiger partial charge in [0.25, 0.3) is 0 Å². The van der Waals surface area contributed by atoms with Crippen molar-refractivity contribution in [1.29, 1.82) is 0 Å². The fourth-order valence-electron chi connectivity index (χ4n) is 1.13. The van der Waals surface area contributed by atoms with Crippen molar-refractivity contribution in [3.05, 3.63) is 41.8 Å². The highest BCUT2D eigenvalue weighted by Gasteiger charge is 2.03. The van der Waals surface area contributed by atoms with Crippen molar-refractivity contribution >= 4 is 23.0 Å². The van der Waals surface area contributed by atoms with Gasteiger partial charge in [-0.1, -0.05) is 24.4 Å². The predicted molar refractivity (Wildman–Crippen MR) is 71.8 cm³/mol. The minimum absolute atomic E-state index is 0.0244. The molecule has 0 heterocycles. The van der Waals surface area contributed by atoms with Gasteiger partial charge in [0.2, 0.25) is 5.78 Å². The molecule has 0 amide bonds. The second-order valence-electron chi connectivity index (χ2n) is 3.41. The first-order valence-corrected chi connectivity index (χ1v) is 5.50. The Morgan fingerprint density at radius 1 is 1.33 bits per heavy atom. The molecule has 0 saturated heterocycles. The van der Waals surface area contributed by atoms with Gasteiger partial charge < -0.3 is 20.9 Å². The Morgan fingerprint density at radius 3 is 2.44 bits per heavy atom. The van der Waals surface area contributed by atoms with Crippen LogP contribution in [0.3, 0.4) is 0 Å². The Hall–Kier alpha value is -2.08. The van der Waals surface area contributed by atoms with Gasteiger partial charge in [-0.15, -0.1) is 0 Å². The van der Waals surface area contributed by atoms with E-state index >= 15 is 0 Å². The summed E-state index contributed by atoms with van der Waals surface area (Å²) in [7, 11) is 1.59. The lowest BCUT2D eigenvalue weighted by Gasteiger charge is -2.06. The molecule has 4 N–H and O–H groups in total. The van der Waals surface area contributed by atoms with Gasteiger partial charge in [0.15, 0.2) is 5.88 Å². The van der Waals surface area contributed by atoms with Crippen LogP contribution in [-0.4, -0.2) is 17.9 Å². The van der Waals surface area contributed by atoms with Crippen LogP contribution in [0.2, 0.25) is 0 Å². The van der Waals surface area contributed by atoms with Crippen molar-refractivity contribution in [2.24, 2.45) is 11.5 Å². The number of ketones is 1. The summed E-state index contributed by atoms with van der Waals surface area (Å²) in [6.07, 6.45) is 1.06. The van der Waals surface area contributed by atoms with Crippen molar-refractivity contribution in [2.75, 3.05) is 7.11 Å². The number of nitrogens with two attached hydrogens (primary N) is 2. The summed E-state index contributed by atoms with van der Waals surface area (Å²) < 4.78 is 10.2. The molecule has 0 aromatic heterocycles. The van der Waals surface area contributed by atoms with Crippen LogP contribution >= 0.6 is 12.2 Å². The van der Waals surface area contributed by atoms with E-state index in [-0.39, 0.29) is 17.5 Å². The summed E-state index contributed by atoms with van der Waals surface area (Å²) in [5.41, 5.74) is 11.5.